The predicted octanol–water partition coefficient (Wildman–Crippen LogP) is 3.03. The maximum Gasteiger partial charge on any atom is 0.216 e. The average Bonchev–Trinajstić information content (AvgIpc) is 2.54. The van der Waals surface area contributed by atoms with Gasteiger partial charge in [-0.05, 0) is 37.0 Å². The van der Waals surface area contributed by atoms with Gasteiger partial charge < -0.3 is 15.5 Å². The van der Waals surface area contributed by atoms with Crippen LogP contribution in [-0.2, 0) is 4.79 Å². The Balaban J connectivity index is 1.87. The molecule has 3 N–H and O–H groups in total. The van der Waals surface area contributed by atoms with E-state index in [0.29, 0.717) is 18.7 Å². The maximum atomic E-state index is 10.9. The highest BCUT2D eigenvalue weighted by Crippen LogP contribution is 2.34. The highest BCUT2D eigenvalue weighted by Gasteiger charge is 2.29. The van der Waals surface area contributed by atoms with Crippen molar-refractivity contribution in [3.05, 3.63) is 29.8 Å². The predicted molar refractivity (Wildman–Crippen MR) is 93.5 cm³/mol. The summed E-state index contributed by atoms with van der Waals surface area (Å²) >= 11 is 1.66. The van der Waals surface area contributed by atoms with E-state index < -0.39 is 11.7 Å². The van der Waals surface area contributed by atoms with Gasteiger partial charge in [0.15, 0.2) is 0 Å². The van der Waals surface area contributed by atoms with E-state index in [1.54, 1.807) is 11.8 Å². The zero-order valence-electron chi connectivity index (χ0n) is 13.8. The first kappa shape index (κ1) is 18.3. The number of hydrogen-bond donors (Lipinski definition) is 3. The molecule has 1 atom stereocenters. The lowest BCUT2D eigenvalue weighted by atomic mass is 9.86. The molecule has 1 aromatic carbocycles. The first-order valence-corrected chi connectivity index (χ1v) is 9.35. The molecule has 1 aromatic rings. The number of thioether (sulfide) groups is 1. The fourth-order valence-electron chi connectivity index (χ4n) is 2.94. The Kier molecular flexibility index (Phi) is 6.93. The Morgan fingerprint density at radius 1 is 1.35 bits per heavy atom. The molecule has 1 unspecified atom stereocenters. The summed E-state index contributed by atoms with van der Waals surface area (Å²) in [5, 5.41) is 23.5. The van der Waals surface area contributed by atoms with Crippen LogP contribution >= 0.6 is 11.8 Å². The number of aliphatic hydroxyl groups excluding tert-OH is 1. The van der Waals surface area contributed by atoms with Crippen LogP contribution in [0.5, 0.6) is 0 Å². The Hall–Kier alpha value is -1.04. The summed E-state index contributed by atoms with van der Waals surface area (Å²) in [6, 6.07) is 7.83. The number of hydrogen-bond acceptors (Lipinski definition) is 4. The molecule has 0 heterocycles. The Morgan fingerprint density at radius 3 is 2.78 bits per heavy atom. The monoisotopic (exact) mass is 337 g/mol. The van der Waals surface area contributed by atoms with Gasteiger partial charge in [-0.2, -0.15) is 0 Å². The smallest absolute Gasteiger partial charge is 0.216 e. The SMILES string of the molecule is CC(=O)NCCC(O)c1cccc(SCC2(O)CCCCC2)c1. The van der Waals surface area contributed by atoms with Gasteiger partial charge in [-0.25, -0.2) is 0 Å². The zero-order chi connectivity index (χ0) is 16.7. The molecule has 0 aliphatic heterocycles. The summed E-state index contributed by atoms with van der Waals surface area (Å²) in [5.74, 6) is 0.626. The first-order chi connectivity index (χ1) is 11.0. The number of rotatable bonds is 7. The summed E-state index contributed by atoms with van der Waals surface area (Å²) in [5.41, 5.74) is 0.319. The van der Waals surface area contributed by atoms with E-state index in [1.807, 2.05) is 24.3 Å². The van der Waals surface area contributed by atoms with Gasteiger partial charge in [0.2, 0.25) is 5.91 Å². The van der Waals surface area contributed by atoms with Crippen LogP contribution in [0.15, 0.2) is 29.2 Å². The van der Waals surface area contributed by atoms with Crippen molar-refractivity contribution in [2.24, 2.45) is 0 Å². The standard InChI is InChI=1S/C18H27NO3S/c1-14(20)19-11-8-17(21)15-6-5-7-16(12-15)23-13-18(22)9-3-2-4-10-18/h5-7,12,17,21-22H,2-4,8-11,13H2,1H3,(H,19,20). The molecular weight excluding hydrogens is 310 g/mol. The molecule has 23 heavy (non-hydrogen) atoms. The third-order valence-corrected chi connectivity index (χ3v) is 5.60. The largest absolute Gasteiger partial charge is 0.389 e. The van der Waals surface area contributed by atoms with E-state index >= 15 is 0 Å². The molecule has 4 nitrogen and oxygen atoms in total. The normalized spacial score (nSPS) is 18.4. The molecule has 1 fully saturated rings. The molecule has 0 aromatic heterocycles. The molecule has 1 aliphatic carbocycles. The van der Waals surface area contributed by atoms with Crippen molar-refractivity contribution >= 4 is 17.7 Å². The maximum absolute atomic E-state index is 10.9. The van der Waals surface area contributed by atoms with Crippen molar-refractivity contribution in [1.29, 1.82) is 0 Å². The summed E-state index contributed by atoms with van der Waals surface area (Å²) in [6.07, 6.45) is 5.14. The highest BCUT2D eigenvalue weighted by atomic mass is 32.2. The third-order valence-electron chi connectivity index (χ3n) is 4.33. The Morgan fingerprint density at radius 2 is 2.09 bits per heavy atom. The van der Waals surface area contributed by atoms with Gasteiger partial charge in [-0.1, -0.05) is 31.4 Å². The number of amides is 1. The third kappa shape index (κ3) is 6.16. The minimum absolute atomic E-state index is 0.0813. The molecule has 0 spiro atoms. The number of aliphatic hydroxyl groups is 2. The topological polar surface area (TPSA) is 69.6 Å². The first-order valence-electron chi connectivity index (χ1n) is 8.36. The van der Waals surface area contributed by atoms with Crippen molar-refractivity contribution in [2.45, 2.75) is 62.0 Å². The summed E-state index contributed by atoms with van der Waals surface area (Å²) < 4.78 is 0. The molecule has 1 amide bonds. The lowest BCUT2D eigenvalue weighted by Gasteiger charge is -2.31. The summed E-state index contributed by atoms with van der Waals surface area (Å²) in [4.78, 5) is 11.9. The van der Waals surface area contributed by atoms with E-state index in [-0.39, 0.29) is 5.91 Å². The van der Waals surface area contributed by atoms with Gasteiger partial charge in [0.25, 0.3) is 0 Å². The van der Waals surface area contributed by atoms with Gasteiger partial charge >= 0.3 is 0 Å². The van der Waals surface area contributed by atoms with Crippen LogP contribution in [0.25, 0.3) is 0 Å². The second kappa shape index (κ2) is 8.71. The molecule has 2 rings (SSSR count). The van der Waals surface area contributed by atoms with Crippen molar-refractivity contribution in [1.82, 2.24) is 5.32 Å². The van der Waals surface area contributed by atoms with Crippen molar-refractivity contribution in [3.8, 4) is 0 Å². The van der Waals surface area contributed by atoms with Crippen LogP contribution in [0.2, 0.25) is 0 Å². The lowest BCUT2D eigenvalue weighted by Crippen LogP contribution is -2.33. The summed E-state index contributed by atoms with van der Waals surface area (Å²) in [7, 11) is 0. The molecule has 0 radical (unpaired) electrons. The molecule has 1 aliphatic rings. The van der Waals surface area contributed by atoms with Crippen molar-refractivity contribution in [2.75, 3.05) is 12.3 Å². The van der Waals surface area contributed by atoms with Gasteiger partial charge in [0.1, 0.15) is 0 Å². The van der Waals surface area contributed by atoms with Gasteiger partial charge in [-0.15, -0.1) is 11.8 Å². The minimum Gasteiger partial charge on any atom is -0.389 e. The summed E-state index contributed by atoms with van der Waals surface area (Å²) in [6.45, 7) is 1.94. The number of nitrogens with one attached hydrogen (secondary N) is 1. The fraction of sp³-hybridized carbons (Fsp3) is 0.611. The van der Waals surface area contributed by atoms with Crippen LogP contribution in [-0.4, -0.2) is 34.0 Å². The Labute approximate surface area is 142 Å². The van der Waals surface area contributed by atoms with E-state index in [4.69, 9.17) is 0 Å². The second-order valence-electron chi connectivity index (χ2n) is 6.43. The quantitative estimate of drug-likeness (QED) is 0.669. The fourth-order valence-corrected chi connectivity index (χ4v) is 4.05. The zero-order valence-corrected chi connectivity index (χ0v) is 14.6. The highest BCUT2D eigenvalue weighted by molar-refractivity contribution is 7.99. The number of benzene rings is 1. The van der Waals surface area contributed by atoms with E-state index in [2.05, 4.69) is 5.32 Å². The van der Waals surface area contributed by atoms with Gasteiger partial charge in [0, 0.05) is 24.1 Å². The molecule has 128 valence electrons. The van der Waals surface area contributed by atoms with Crippen molar-refractivity contribution in [3.63, 3.8) is 0 Å². The minimum atomic E-state index is -0.583. The molecule has 0 bridgehead atoms. The van der Waals surface area contributed by atoms with Crippen molar-refractivity contribution < 1.29 is 15.0 Å². The molecule has 0 saturated heterocycles. The Bertz CT molecular complexity index is 515. The van der Waals surface area contributed by atoms with Crippen LogP contribution in [0.4, 0.5) is 0 Å². The van der Waals surface area contributed by atoms with Gasteiger partial charge in [0.05, 0.1) is 11.7 Å². The van der Waals surface area contributed by atoms with Gasteiger partial charge in [-0.3, -0.25) is 4.79 Å². The average molecular weight is 337 g/mol. The number of carbonyl (C=O) groups excluding carboxylic acids is 1. The van der Waals surface area contributed by atoms with Crippen LogP contribution in [0.1, 0.15) is 57.1 Å². The molecular formula is C18H27NO3S. The van der Waals surface area contributed by atoms with Crippen LogP contribution < -0.4 is 5.32 Å². The lowest BCUT2D eigenvalue weighted by molar-refractivity contribution is -0.119. The van der Waals surface area contributed by atoms with E-state index in [9.17, 15) is 15.0 Å². The molecule has 5 heteroatoms. The van der Waals surface area contributed by atoms with Crippen LogP contribution in [0.3, 0.4) is 0 Å². The van der Waals surface area contributed by atoms with E-state index in [0.717, 1.165) is 36.1 Å². The van der Waals surface area contributed by atoms with E-state index in [1.165, 1.54) is 13.3 Å². The molecule has 1 saturated carbocycles. The van der Waals surface area contributed by atoms with Crippen LogP contribution in [0, 0.1) is 0 Å². The second-order valence-corrected chi connectivity index (χ2v) is 7.48. The number of carbonyl (C=O) groups is 1.